The average molecular weight is 177 g/mol. The van der Waals surface area contributed by atoms with Crippen LogP contribution in [0, 0.1) is 6.57 Å². The van der Waals surface area contributed by atoms with E-state index in [-0.39, 0.29) is 11.9 Å². The van der Waals surface area contributed by atoms with Crippen molar-refractivity contribution in [2.24, 2.45) is 0 Å². The molecule has 0 bridgehead atoms. The molecule has 3 heteroatoms. The second kappa shape index (κ2) is 4.36. The first-order valence-electron chi connectivity index (χ1n) is 4.01. The smallest absolute Gasteiger partial charge is 0.250 e. The summed E-state index contributed by atoms with van der Waals surface area (Å²) in [5, 5.41) is 8.99. The van der Waals surface area contributed by atoms with Crippen molar-refractivity contribution in [2.45, 2.75) is 13.0 Å². The van der Waals surface area contributed by atoms with Crippen molar-refractivity contribution in [1.29, 1.82) is 0 Å². The van der Waals surface area contributed by atoms with Crippen LogP contribution in [-0.4, -0.2) is 17.8 Å². The van der Waals surface area contributed by atoms with E-state index in [0.29, 0.717) is 12.3 Å². The molecule has 0 heterocycles. The molecule has 3 nitrogen and oxygen atoms in total. The van der Waals surface area contributed by atoms with Crippen molar-refractivity contribution < 1.29 is 9.84 Å². The molecule has 0 aliphatic heterocycles. The van der Waals surface area contributed by atoms with Gasteiger partial charge in [0.1, 0.15) is 11.5 Å². The van der Waals surface area contributed by atoms with Crippen LogP contribution in [-0.2, 0) is 0 Å². The molecule has 1 aromatic carbocycles. The Bertz CT molecular complexity index is 300. The van der Waals surface area contributed by atoms with E-state index < -0.39 is 0 Å². The zero-order valence-electron chi connectivity index (χ0n) is 7.40. The van der Waals surface area contributed by atoms with Gasteiger partial charge >= 0.3 is 0 Å². The lowest BCUT2D eigenvalue weighted by molar-refractivity contribution is 0.238. The molecule has 0 amide bonds. The van der Waals surface area contributed by atoms with Gasteiger partial charge in [0.25, 0.3) is 6.54 Å². The van der Waals surface area contributed by atoms with Crippen LogP contribution in [0.2, 0.25) is 0 Å². The highest BCUT2D eigenvalue weighted by molar-refractivity contribution is 5.30. The predicted molar refractivity (Wildman–Crippen MR) is 49.7 cm³/mol. The van der Waals surface area contributed by atoms with Gasteiger partial charge in [-0.15, -0.1) is 0 Å². The molecule has 0 radical (unpaired) electrons. The van der Waals surface area contributed by atoms with Gasteiger partial charge in [0.2, 0.25) is 0 Å². The number of nitrogens with zero attached hydrogens (tertiary/aromatic N) is 1. The highest BCUT2D eigenvalue weighted by Crippen LogP contribution is 2.17. The molecule has 0 saturated carbocycles. The summed E-state index contributed by atoms with van der Waals surface area (Å²) in [7, 11) is 0. The predicted octanol–water partition coefficient (Wildman–Crippen LogP) is 2.08. The van der Waals surface area contributed by atoms with Gasteiger partial charge in [-0.1, -0.05) is 0 Å². The monoisotopic (exact) mass is 177 g/mol. The van der Waals surface area contributed by atoms with Crippen molar-refractivity contribution in [2.75, 3.05) is 6.54 Å². The Kier molecular flexibility index (Phi) is 3.15. The first-order valence-corrected chi connectivity index (χ1v) is 4.01. The van der Waals surface area contributed by atoms with Gasteiger partial charge in [-0.2, -0.15) is 0 Å². The summed E-state index contributed by atoms with van der Waals surface area (Å²) in [5.41, 5.74) is 0. The van der Waals surface area contributed by atoms with Gasteiger partial charge in [-0.25, -0.2) is 6.57 Å². The summed E-state index contributed by atoms with van der Waals surface area (Å²) in [4.78, 5) is 3.22. The van der Waals surface area contributed by atoms with Gasteiger partial charge in [-0.05, 0) is 31.2 Å². The molecular weight excluding hydrogens is 166 g/mol. The minimum absolute atomic E-state index is 0.109. The Hall–Kier alpha value is -1.69. The summed E-state index contributed by atoms with van der Waals surface area (Å²) < 4.78 is 5.38. The van der Waals surface area contributed by atoms with Gasteiger partial charge in [-0.3, -0.25) is 0 Å². The fourth-order valence-corrected chi connectivity index (χ4v) is 0.923. The molecule has 68 valence electrons. The summed E-state index contributed by atoms with van der Waals surface area (Å²) in [5.74, 6) is 0.888. The number of benzene rings is 1. The van der Waals surface area contributed by atoms with Gasteiger partial charge < -0.3 is 14.7 Å². The van der Waals surface area contributed by atoms with Crippen molar-refractivity contribution in [3.8, 4) is 11.5 Å². The van der Waals surface area contributed by atoms with Crippen LogP contribution in [0.25, 0.3) is 4.85 Å². The zero-order valence-corrected chi connectivity index (χ0v) is 7.40. The average Bonchev–Trinajstić information content (AvgIpc) is 2.09. The summed E-state index contributed by atoms with van der Waals surface area (Å²) in [6, 6.07) is 6.46. The fraction of sp³-hybridized carbons (Fsp3) is 0.300. The molecule has 13 heavy (non-hydrogen) atoms. The Balaban J connectivity index is 2.55. The second-order valence-corrected chi connectivity index (χ2v) is 2.76. The molecule has 1 N–H and O–H groups in total. The number of phenols is 1. The van der Waals surface area contributed by atoms with Crippen LogP contribution in [0.5, 0.6) is 11.5 Å². The molecule has 1 atom stereocenters. The van der Waals surface area contributed by atoms with E-state index in [9.17, 15) is 0 Å². The van der Waals surface area contributed by atoms with Crippen LogP contribution in [0.4, 0.5) is 0 Å². The van der Waals surface area contributed by atoms with Crippen molar-refractivity contribution in [1.82, 2.24) is 0 Å². The third-order valence-electron chi connectivity index (χ3n) is 1.52. The lowest BCUT2D eigenvalue weighted by Gasteiger charge is -2.08. The molecular formula is C10H11NO2. The molecule has 0 fully saturated rings. The highest BCUT2D eigenvalue weighted by atomic mass is 16.5. The second-order valence-electron chi connectivity index (χ2n) is 2.76. The number of phenolic OH excluding ortho intramolecular Hbond substituents is 1. The van der Waals surface area contributed by atoms with Crippen molar-refractivity contribution >= 4 is 0 Å². The van der Waals surface area contributed by atoms with Gasteiger partial charge in [0, 0.05) is 0 Å². The topological polar surface area (TPSA) is 33.8 Å². The maximum Gasteiger partial charge on any atom is 0.250 e. The number of hydrogen-bond donors (Lipinski definition) is 1. The molecule has 0 aliphatic rings. The summed E-state index contributed by atoms with van der Waals surface area (Å²) >= 11 is 0. The maximum absolute atomic E-state index is 8.99. The Morgan fingerprint density at radius 3 is 2.62 bits per heavy atom. The van der Waals surface area contributed by atoms with Crippen LogP contribution in [0.15, 0.2) is 24.3 Å². The molecule has 1 unspecified atom stereocenters. The van der Waals surface area contributed by atoms with Crippen LogP contribution in [0.3, 0.4) is 0 Å². The van der Waals surface area contributed by atoms with E-state index in [4.69, 9.17) is 16.4 Å². The Morgan fingerprint density at radius 2 is 2.08 bits per heavy atom. The zero-order chi connectivity index (χ0) is 9.68. The largest absolute Gasteiger partial charge is 0.508 e. The molecule has 0 saturated heterocycles. The maximum atomic E-state index is 8.99. The first kappa shape index (κ1) is 9.40. The fourth-order valence-electron chi connectivity index (χ4n) is 0.923. The van der Waals surface area contributed by atoms with Crippen LogP contribution in [0.1, 0.15) is 6.92 Å². The van der Waals surface area contributed by atoms with Gasteiger partial charge in [0.15, 0.2) is 6.10 Å². The number of rotatable bonds is 3. The normalized spacial score (nSPS) is 11.7. The minimum atomic E-state index is -0.109. The highest BCUT2D eigenvalue weighted by Gasteiger charge is 2.05. The number of aromatic hydroxyl groups is 1. The van der Waals surface area contributed by atoms with E-state index in [1.54, 1.807) is 24.3 Å². The number of hydrogen-bond acceptors (Lipinski definition) is 2. The van der Waals surface area contributed by atoms with E-state index in [0.717, 1.165) is 0 Å². The SMILES string of the molecule is [C-]#[N+]CC(C)Oc1ccc(O)cc1. The molecule has 1 aromatic rings. The first-order chi connectivity index (χ1) is 6.22. The van der Waals surface area contributed by atoms with E-state index in [1.807, 2.05) is 6.92 Å². The van der Waals surface area contributed by atoms with Gasteiger partial charge in [0.05, 0.1) is 0 Å². The van der Waals surface area contributed by atoms with Crippen LogP contribution < -0.4 is 4.74 Å². The third-order valence-corrected chi connectivity index (χ3v) is 1.52. The summed E-state index contributed by atoms with van der Waals surface area (Å²) in [6.45, 7) is 8.82. The Labute approximate surface area is 77.4 Å². The lowest BCUT2D eigenvalue weighted by Crippen LogP contribution is -2.14. The van der Waals surface area contributed by atoms with E-state index in [2.05, 4.69) is 4.85 Å². The molecule has 0 spiro atoms. The van der Waals surface area contributed by atoms with Crippen molar-refractivity contribution in [3.05, 3.63) is 35.7 Å². The quantitative estimate of drug-likeness (QED) is 0.717. The summed E-state index contributed by atoms with van der Waals surface area (Å²) in [6.07, 6.45) is -0.109. The Morgan fingerprint density at radius 1 is 1.46 bits per heavy atom. The molecule has 1 rings (SSSR count). The molecule has 0 aromatic heterocycles. The minimum Gasteiger partial charge on any atom is -0.508 e. The third kappa shape index (κ3) is 3.04. The van der Waals surface area contributed by atoms with Crippen molar-refractivity contribution in [3.63, 3.8) is 0 Å². The number of ether oxygens (including phenoxy) is 1. The lowest BCUT2D eigenvalue weighted by atomic mass is 10.3. The van der Waals surface area contributed by atoms with Crippen LogP contribution >= 0.6 is 0 Å². The molecule has 0 aliphatic carbocycles. The van der Waals surface area contributed by atoms with E-state index >= 15 is 0 Å². The van der Waals surface area contributed by atoms with E-state index in [1.165, 1.54) is 0 Å². The standard InChI is InChI=1S/C10H11NO2/c1-8(7-11-2)13-10-5-3-9(12)4-6-10/h3-6,8,12H,7H2,1H3.